The number of hydrogen-bond donors (Lipinski definition) is 1. The molecule has 5 nitrogen and oxygen atoms in total. The lowest BCUT2D eigenvalue weighted by Crippen LogP contribution is -2.52. The minimum atomic E-state index is -3.20. The summed E-state index contributed by atoms with van der Waals surface area (Å²) in [5.41, 5.74) is 0. The highest BCUT2D eigenvalue weighted by molar-refractivity contribution is 7.88. The van der Waals surface area contributed by atoms with Crippen LogP contribution in [0.1, 0.15) is 24.8 Å². The zero-order valence-electron chi connectivity index (χ0n) is 12.9. The Morgan fingerprint density at radius 2 is 2.00 bits per heavy atom. The van der Waals surface area contributed by atoms with E-state index in [1.54, 1.807) is 11.3 Å². The molecule has 0 aromatic carbocycles. The Hall–Kier alpha value is -0.470. The minimum absolute atomic E-state index is 0.110. The van der Waals surface area contributed by atoms with Crippen molar-refractivity contribution in [2.45, 2.75) is 25.9 Å². The van der Waals surface area contributed by atoms with Gasteiger partial charge in [0.2, 0.25) is 10.0 Å². The Morgan fingerprint density at radius 3 is 2.48 bits per heavy atom. The number of piperazine rings is 1. The second-order valence-corrected chi connectivity index (χ2v) is 8.37. The average Bonchev–Trinajstić information content (AvgIpc) is 2.91. The smallest absolute Gasteiger partial charge is 0.209 e. The lowest BCUT2D eigenvalue weighted by atomic mass is 10.1. The number of sulfonamides is 1. The van der Waals surface area contributed by atoms with Crippen molar-refractivity contribution in [3.05, 3.63) is 22.4 Å². The molecule has 0 bridgehead atoms. The van der Waals surface area contributed by atoms with Crippen LogP contribution in [0.25, 0.3) is 0 Å². The number of likely N-dealkylation sites (N-methyl/N-ethyl adjacent to an activating group) is 1. The van der Waals surface area contributed by atoms with E-state index in [0.29, 0.717) is 0 Å². The fraction of sp³-hybridized carbons (Fsp3) is 0.714. The Bertz CT molecular complexity index is 522. The van der Waals surface area contributed by atoms with Crippen molar-refractivity contribution in [2.75, 3.05) is 39.0 Å². The van der Waals surface area contributed by atoms with Gasteiger partial charge < -0.3 is 4.90 Å². The van der Waals surface area contributed by atoms with E-state index in [2.05, 4.69) is 32.9 Å². The average molecular weight is 332 g/mol. The third-order valence-corrected chi connectivity index (χ3v) is 5.70. The first kappa shape index (κ1) is 16.9. The highest BCUT2D eigenvalue weighted by Crippen LogP contribution is 2.29. The molecule has 0 aliphatic carbocycles. The van der Waals surface area contributed by atoms with Gasteiger partial charge in [0.05, 0.1) is 12.3 Å². The normalized spacial score (nSPS) is 21.3. The zero-order chi connectivity index (χ0) is 15.5. The Balaban J connectivity index is 2.14. The highest BCUT2D eigenvalue weighted by Gasteiger charge is 2.30. The summed E-state index contributed by atoms with van der Waals surface area (Å²) in [7, 11) is -3.20. The molecule has 7 heteroatoms. The van der Waals surface area contributed by atoms with E-state index in [1.165, 1.54) is 11.1 Å². The molecular formula is C14H25N3O2S2. The van der Waals surface area contributed by atoms with Crippen LogP contribution in [-0.4, -0.2) is 63.2 Å². The molecular weight excluding hydrogens is 306 g/mol. The van der Waals surface area contributed by atoms with Gasteiger partial charge >= 0.3 is 0 Å². The van der Waals surface area contributed by atoms with Gasteiger partial charge in [-0.05, 0) is 24.9 Å². The standard InChI is InChI=1S/C14H25N3O2S2/c1-4-16-7-9-17(10-8-16)14(13-6-5-11-20-13)12(2)15-21(3,18)19/h5-6,11-12,14-15H,4,7-10H2,1-3H3/t12-,14+/m0/s1. The Kier molecular flexibility index (Phi) is 5.79. The molecule has 0 amide bonds. The largest absolute Gasteiger partial charge is 0.301 e. The lowest BCUT2D eigenvalue weighted by molar-refractivity contribution is 0.0888. The van der Waals surface area contributed by atoms with Crippen molar-refractivity contribution in [3.63, 3.8) is 0 Å². The lowest BCUT2D eigenvalue weighted by Gasteiger charge is -2.41. The summed E-state index contributed by atoms with van der Waals surface area (Å²) < 4.78 is 25.9. The molecule has 2 rings (SSSR count). The van der Waals surface area contributed by atoms with E-state index >= 15 is 0 Å². The molecule has 21 heavy (non-hydrogen) atoms. The molecule has 1 saturated heterocycles. The Labute approximate surface area is 132 Å². The summed E-state index contributed by atoms with van der Waals surface area (Å²) in [4.78, 5) is 6.06. The van der Waals surface area contributed by atoms with Gasteiger partial charge in [0.1, 0.15) is 0 Å². The van der Waals surface area contributed by atoms with Crippen LogP contribution < -0.4 is 4.72 Å². The Morgan fingerprint density at radius 1 is 1.33 bits per heavy atom. The van der Waals surface area contributed by atoms with Gasteiger partial charge in [-0.2, -0.15) is 0 Å². The van der Waals surface area contributed by atoms with Gasteiger partial charge in [0, 0.05) is 37.1 Å². The van der Waals surface area contributed by atoms with Crippen LogP contribution in [0.2, 0.25) is 0 Å². The maximum atomic E-state index is 11.6. The van der Waals surface area contributed by atoms with E-state index in [4.69, 9.17) is 0 Å². The summed E-state index contributed by atoms with van der Waals surface area (Å²) in [5.74, 6) is 0. The van der Waals surface area contributed by atoms with Gasteiger partial charge in [0.25, 0.3) is 0 Å². The fourth-order valence-electron chi connectivity index (χ4n) is 2.96. The molecule has 2 heterocycles. The van der Waals surface area contributed by atoms with Crippen molar-refractivity contribution in [2.24, 2.45) is 0 Å². The molecule has 1 aliphatic heterocycles. The molecule has 1 fully saturated rings. The van der Waals surface area contributed by atoms with Crippen LogP contribution in [0.3, 0.4) is 0 Å². The van der Waals surface area contributed by atoms with Gasteiger partial charge in [-0.1, -0.05) is 13.0 Å². The van der Waals surface area contributed by atoms with Crippen molar-refractivity contribution in [1.29, 1.82) is 0 Å². The second kappa shape index (κ2) is 7.19. The van der Waals surface area contributed by atoms with E-state index in [0.717, 1.165) is 32.7 Å². The highest BCUT2D eigenvalue weighted by atomic mass is 32.2. The number of nitrogens with zero attached hydrogens (tertiary/aromatic N) is 2. The third kappa shape index (κ3) is 4.75. The van der Waals surface area contributed by atoms with Gasteiger partial charge in [-0.25, -0.2) is 13.1 Å². The molecule has 120 valence electrons. The monoisotopic (exact) mass is 331 g/mol. The van der Waals surface area contributed by atoms with E-state index in [-0.39, 0.29) is 12.1 Å². The summed E-state index contributed by atoms with van der Waals surface area (Å²) in [6, 6.07) is 4.11. The number of hydrogen-bond acceptors (Lipinski definition) is 5. The van der Waals surface area contributed by atoms with Crippen LogP contribution in [-0.2, 0) is 10.0 Å². The van der Waals surface area contributed by atoms with Crippen LogP contribution in [0, 0.1) is 0 Å². The topological polar surface area (TPSA) is 52.6 Å². The summed E-state index contributed by atoms with van der Waals surface area (Å²) in [5, 5.41) is 2.05. The van der Waals surface area contributed by atoms with Crippen LogP contribution >= 0.6 is 11.3 Å². The maximum absolute atomic E-state index is 11.6. The van der Waals surface area contributed by atoms with Crippen LogP contribution in [0.15, 0.2) is 17.5 Å². The van der Waals surface area contributed by atoms with Crippen LogP contribution in [0.5, 0.6) is 0 Å². The molecule has 1 aliphatic rings. The van der Waals surface area contributed by atoms with E-state index in [9.17, 15) is 8.42 Å². The molecule has 0 saturated carbocycles. The van der Waals surface area contributed by atoms with Crippen molar-refractivity contribution >= 4 is 21.4 Å². The van der Waals surface area contributed by atoms with Crippen molar-refractivity contribution < 1.29 is 8.42 Å². The summed E-state index contributed by atoms with van der Waals surface area (Å²) in [6.45, 7) is 9.26. The number of nitrogens with one attached hydrogen (secondary N) is 1. The molecule has 0 radical (unpaired) electrons. The molecule has 0 spiro atoms. The molecule has 0 unspecified atom stereocenters. The van der Waals surface area contributed by atoms with Crippen LogP contribution in [0.4, 0.5) is 0 Å². The molecule has 1 N–H and O–H groups in total. The van der Waals surface area contributed by atoms with Crippen molar-refractivity contribution in [3.8, 4) is 0 Å². The predicted octanol–water partition coefficient (Wildman–Crippen LogP) is 1.36. The fourth-order valence-corrected chi connectivity index (χ4v) is 4.73. The molecule has 2 atom stereocenters. The molecule has 1 aromatic heterocycles. The summed E-state index contributed by atoms with van der Waals surface area (Å²) in [6.07, 6.45) is 1.23. The minimum Gasteiger partial charge on any atom is -0.301 e. The SMILES string of the molecule is CCN1CCN([C@@H](c2cccs2)[C@H](C)NS(C)(=O)=O)CC1. The van der Waals surface area contributed by atoms with Gasteiger partial charge in [-0.3, -0.25) is 4.90 Å². The van der Waals surface area contributed by atoms with Gasteiger partial charge in [-0.15, -0.1) is 11.3 Å². The van der Waals surface area contributed by atoms with E-state index in [1.807, 2.05) is 13.0 Å². The van der Waals surface area contributed by atoms with E-state index < -0.39 is 10.0 Å². The third-order valence-electron chi connectivity index (χ3n) is 3.96. The number of rotatable bonds is 6. The first-order valence-corrected chi connectivity index (χ1v) is 10.1. The van der Waals surface area contributed by atoms with Gasteiger partial charge in [0.15, 0.2) is 0 Å². The predicted molar refractivity (Wildman–Crippen MR) is 88.2 cm³/mol. The first-order valence-electron chi connectivity index (χ1n) is 7.38. The quantitative estimate of drug-likeness (QED) is 0.855. The maximum Gasteiger partial charge on any atom is 0.209 e. The second-order valence-electron chi connectivity index (χ2n) is 5.61. The first-order chi connectivity index (χ1) is 9.90. The summed E-state index contributed by atoms with van der Waals surface area (Å²) >= 11 is 1.70. The molecule has 1 aromatic rings. The van der Waals surface area contributed by atoms with Crippen molar-refractivity contribution in [1.82, 2.24) is 14.5 Å². The zero-order valence-corrected chi connectivity index (χ0v) is 14.6. The number of thiophene rings is 1.